The standard InChI is InChI=1S/C20H21N3O5S/c1-4-7-15-17(19(25)28-5-2)12(3)22-18(24)16(29-20(22)21-15)11-13-8-6-9-14(10-13)23(26)27/h6,8-11,15H,4-5,7H2,1-3H3. The van der Waals surface area contributed by atoms with Gasteiger partial charge < -0.3 is 4.74 Å². The van der Waals surface area contributed by atoms with Crippen molar-refractivity contribution in [3.8, 4) is 0 Å². The van der Waals surface area contributed by atoms with Crippen molar-refractivity contribution in [2.24, 2.45) is 4.99 Å². The van der Waals surface area contributed by atoms with Crippen LogP contribution in [0.25, 0.3) is 11.8 Å². The number of aromatic nitrogens is 1. The van der Waals surface area contributed by atoms with Gasteiger partial charge in [0.2, 0.25) is 0 Å². The molecular formula is C20H21N3O5S. The zero-order chi connectivity index (χ0) is 21.1. The number of carbonyl (C=O) groups excluding carboxylic acids is 1. The first kappa shape index (κ1) is 20.7. The largest absolute Gasteiger partial charge is 0.463 e. The Bertz CT molecular complexity index is 1180. The second kappa shape index (κ2) is 8.52. The van der Waals surface area contributed by atoms with Gasteiger partial charge in [-0.15, -0.1) is 0 Å². The molecule has 0 amide bonds. The smallest absolute Gasteiger partial charge is 0.337 e. The summed E-state index contributed by atoms with van der Waals surface area (Å²) in [5, 5.41) is 11.0. The average molecular weight is 415 g/mol. The fourth-order valence-corrected chi connectivity index (χ4v) is 4.33. The Morgan fingerprint density at radius 2 is 2.17 bits per heavy atom. The quantitative estimate of drug-likeness (QED) is 0.409. The number of rotatable bonds is 6. The number of non-ortho nitro benzene ring substituents is 1. The van der Waals surface area contributed by atoms with Crippen LogP contribution in [0.15, 0.2) is 39.6 Å². The van der Waals surface area contributed by atoms with Crippen LogP contribution >= 0.6 is 11.3 Å². The van der Waals surface area contributed by atoms with Gasteiger partial charge in [0.25, 0.3) is 11.2 Å². The molecule has 0 bridgehead atoms. The number of nitro benzene ring substituents is 1. The molecule has 8 nitrogen and oxygen atoms in total. The van der Waals surface area contributed by atoms with Gasteiger partial charge in [0.05, 0.1) is 27.7 Å². The third-order valence-electron chi connectivity index (χ3n) is 4.57. The minimum Gasteiger partial charge on any atom is -0.463 e. The van der Waals surface area contributed by atoms with Crippen molar-refractivity contribution >= 4 is 34.8 Å². The highest BCUT2D eigenvalue weighted by Crippen LogP contribution is 2.23. The van der Waals surface area contributed by atoms with Crippen LogP contribution in [0.4, 0.5) is 5.69 Å². The Morgan fingerprint density at radius 1 is 1.41 bits per heavy atom. The molecule has 1 aliphatic rings. The highest BCUT2D eigenvalue weighted by atomic mass is 32.1. The van der Waals surface area contributed by atoms with Gasteiger partial charge in [0, 0.05) is 17.8 Å². The molecule has 1 atom stereocenters. The lowest BCUT2D eigenvalue weighted by molar-refractivity contribution is -0.384. The van der Waals surface area contributed by atoms with E-state index in [-0.39, 0.29) is 23.9 Å². The van der Waals surface area contributed by atoms with Gasteiger partial charge >= 0.3 is 5.97 Å². The summed E-state index contributed by atoms with van der Waals surface area (Å²) in [4.78, 5) is 41.1. The highest BCUT2D eigenvalue weighted by Gasteiger charge is 2.29. The van der Waals surface area contributed by atoms with Crippen LogP contribution in [0.1, 0.15) is 39.2 Å². The lowest BCUT2D eigenvalue weighted by Crippen LogP contribution is -2.37. The molecule has 1 aromatic heterocycles. The van der Waals surface area contributed by atoms with E-state index in [1.165, 1.54) is 28.0 Å². The number of carbonyl (C=O) groups is 1. The topological polar surface area (TPSA) is 104 Å². The van der Waals surface area contributed by atoms with Gasteiger partial charge in [-0.3, -0.25) is 19.5 Å². The fourth-order valence-electron chi connectivity index (χ4n) is 3.27. The molecule has 0 aliphatic carbocycles. The minimum absolute atomic E-state index is 0.0476. The van der Waals surface area contributed by atoms with Crippen LogP contribution in [-0.4, -0.2) is 28.1 Å². The molecule has 0 N–H and O–H groups in total. The molecule has 29 heavy (non-hydrogen) atoms. The van der Waals surface area contributed by atoms with E-state index in [4.69, 9.17) is 4.74 Å². The first-order chi connectivity index (χ1) is 13.9. The van der Waals surface area contributed by atoms with Crippen molar-refractivity contribution in [2.45, 2.75) is 39.7 Å². The predicted molar refractivity (Wildman–Crippen MR) is 110 cm³/mol. The number of hydrogen-bond acceptors (Lipinski definition) is 7. The van der Waals surface area contributed by atoms with Crippen molar-refractivity contribution in [3.63, 3.8) is 0 Å². The van der Waals surface area contributed by atoms with E-state index in [9.17, 15) is 19.7 Å². The fraction of sp³-hybridized carbons (Fsp3) is 0.350. The summed E-state index contributed by atoms with van der Waals surface area (Å²) in [6.45, 7) is 5.70. The number of nitrogens with zero attached hydrogens (tertiary/aromatic N) is 3. The van der Waals surface area contributed by atoms with Crippen LogP contribution in [0, 0.1) is 10.1 Å². The summed E-state index contributed by atoms with van der Waals surface area (Å²) >= 11 is 1.20. The van der Waals surface area contributed by atoms with E-state index in [0.29, 0.717) is 32.6 Å². The number of nitro groups is 1. The monoisotopic (exact) mass is 415 g/mol. The summed E-state index contributed by atoms with van der Waals surface area (Å²) in [5.74, 6) is -0.458. The second-order valence-corrected chi connectivity index (χ2v) is 7.55. The maximum absolute atomic E-state index is 13.0. The van der Waals surface area contributed by atoms with E-state index in [0.717, 1.165) is 6.42 Å². The first-order valence-corrected chi connectivity index (χ1v) is 10.1. The van der Waals surface area contributed by atoms with Crippen LogP contribution in [0.5, 0.6) is 0 Å². The molecule has 3 rings (SSSR count). The summed E-state index contributed by atoms with van der Waals surface area (Å²) < 4.78 is 7.00. The van der Waals surface area contributed by atoms with E-state index >= 15 is 0 Å². The Morgan fingerprint density at radius 3 is 2.83 bits per heavy atom. The summed E-state index contributed by atoms with van der Waals surface area (Å²) in [6, 6.07) is 5.71. The molecule has 2 aromatic rings. The summed E-state index contributed by atoms with van der Waals surface area (Å²) in [5.41, 5.74) is 1.12. The van der Waals surface area contributed by atoms with Gasteiger partial charge in [-0.25, -0.2) is 9.79 Å². The van der Waals surface area contributed by atoms with E-state index < -0.39 is 10.9 Å². The van der Waals surface area contributed by atoms with Gasteiger partial charge in [-0.1, -0.05) is 36.8 Å². The zero-order valence-corrected chi connectivity index (χ0v) is 17.2. The normalized spacial score (nSPS) is 16.4. The maximum Gasteiger partial charge on any atom is 0.337 e. The molecule has 0 radical (unpaired) electrons. The lowest BCUT2D eigenvalue weighted by Gasteiger charge is -2.21. The number of allylic oxidation sites excluding steroid dienone is 1. The van der Waals surface area contributed by atoms with Crippen LogP contribution < -0.4 is 14.9 Å². The summed E-state index contributed by atoms with van der Waals surface area (Å²) in [7, 11) is 0. The first-order valence-electron chi connectivity index (χ1n) is 9.31. The molecule has 0 spiro atoms. The molecule has 9 heteroatoms. The van der Waals surface area contributed by atoms with Gasteiger partial charge in [0.1, 0.15) is 0 Å². The number of thiazole rings is 1. The van der Waals surface area contributed by atoms with Crippen LogP contribution in [0.2, 0.25) is 0 Å². The lowest BCUT2D eigenvalue weighted by atomic mass is 10.00. The van der Waals surface area contributed by atoms with Crippen molar-refractivity contribution in [3.05, 3.63) is 65.2 Å². The SMILES string of the molecule is CCCC1N=c2sc(=Cc3cccc([N+](=O)[O-])c3)c(=O)n2C(C)=C1C(=O)OCC. The maximum atomic E-state index is 13.0. The number of benzene rings is 1. The van der Waals surface area contributed by atoms with Crippen LogP contribution in [-0.2, 0) is 9.53 Å². The van der Waals surface area contributed by atoms with Gasteiger partial charge in [-0.05, 0) is 31.9 Å². The Labute approximate surface area is 170 Å². The zero-order valence-electron chi connectivity index (χ0n) is 16.4. The molecule has 1 aliphatic heterocycles. The van der Waals surface area contributed by atoms with Crippen molar-refractivity contribution in [1.82, 2.24) is 4.57 Å². The highest BCUT2D eigenvalue weighted by molar-refractivity contribution is 7.07. The number of fused-ring (bicyclic) bond motifs is 1. The number of hydrogen-bond donors (Lipinski definition) is 0. The average Bonchev–Trinajstić information content (AvgIpc) is 2.98. The molecule has 0 saturated carbocycles. The van der Waals surface area contributed by atoms with E-state index in [2.05, 4.69) is 4.99 Å². The van der Waals surface area contributed by atoms with Gasteiger partial charge in [-0.2, -0.15) is 0 Å². The predicted octanol–water partition coefficient (Wildman–Crippen LogP) is 2.24. The van der Waals surface area contributed by atoms with Crippen molar-refractivity contribution < 1.29 is 14.5 Å². The molecule has 0 fully saturated rings. The van der Waals surface area contributed by atoms with E-state index in [1.54, 1.807) is 32.1 Å². The van der Waals surface area contributed by atoms with Crippen molar-refractivity contribution in [2.75, 3.05) is 6.61 Å². The third kappa shape index (κ3) is 4.04. The molecule has 0 saturated heterocycles. The number of esters is 1. The Balaban J connectivity index is 2.18. The molecule has 1 unspecified atom stereocenters. The Hall–Kier alpha value is -3.07. The molecule has 1 aromatic carbocycles. The molecule has 2 heterocycles. The van der Waals surface area contributed by atoms with Crippen molar-refractivity contribution in [1.29, 1.82) is 0 Å². The third-order valence-corrected chi connectivity index (χ3v) is 5.55. The number of ether oxygens (including phenoxy) is 1. The Kier molecular flexibility index (Phi) is 6.07. The van der Waals surface area contributed by atoms with Crippen LogP contribution in [0.3, 0.4) is 0 Å². The van der Waals surface area contributed by atoms with E-state index in [1.807, 2.05) is 6.92 Å². The second-order valence-electron chi connectivity index (χ2n) is 6.54. The van der Waals surface area contributed by atoms with Gasteiger partial charge in [0.15, 0.2) is 4.80 Å². The molecular weight excluding hydrogens is 394 g/mol. The minimum atomic E-state index is -0.479. The summed E-state index contributed by atoms with van der Waals surface area (Å²) in [6.07, 6.45) is 3.10. The molecule has 152 valence electrons.